The van der Waals surface area contributed by atoms with Gasteiger partial charge in [0, 0.05) is 5.56 Å². The van der Waals surface area contributed by atoms with E-state index in [-0.39, 0.29) is 42.9 Å². The average Bonchev–Trinajstić information content (AvgIpc) is 2.59. The van der Waals surface area contributed by atoms with Crippen LogP contribution in [0.25, 0.3) is 11.4 Å². The van der Waals surface area contributed by atoms with Gasteiger partial charge in [0.25, 0.3) is 0 Å². The van der Waals surface area contributed by atoms with Gasteiger partial charge in [0.2, 0.25) is 5.88 Å². The van der Waals surface area contributed by atoms with E-state index in [2.05, 4.69) is 9.97 Å². The van der Waals surface area contributed by atoms with Crippen LogP contribution in [-0.2, 0) is 4.74 Å². The van der Waals surface area contributed by atoms with Crippen molar-refractivity contribution in [1.82, 2.24) is 9.97 Å². The van der Waals surface area contributed by atoms with Crippen LogP contribution in [0.4, 0.5) is 5.82 Å². The quantitative estimate of drug-likeness (QED) is 0.755. The zero-order chi connectivity index (χ0) is 17.5. The molecule has 0 fully saturated rings. The van der Waals surface area contributed by atoms with Crippen LogP contribution in [0.5, 0.6) is 5.88 Å². The van der Waals surface area contributed by atoms with Gasteiger partial charge in [-0.2, -0.15) is 10.2 Å². The molecular weight excluding hydrogens is 312 g/mol. The maximum atomic E-state index is 12.0. The fraction of sp³-hybridized carbons (Fsp3) is 0.250. The maximum Gasteiger partial charge on any atom is 0.347 e. The number of benzene rings is 1. The first-order chi connectivity index (χ1) is 11.6. The van der Waals surface area contributed by atoms with E-state index in [0.29, 0.717) is 11.1 Å². The predicted octanol–water partition coefficient (Wildman–Crippen LogP) is 1.15. The zero-order valence-electron chi connectivity index (χ0n) is 13.0. The molecule has 1 heterocycles. The fourth-order valence-corrected chi connectivity index (χ4v) is 1.96. The minimum Gasteiger partial charge on any atom is -0.474 e. The van der Waals surface area contributed by atoms with Gasteiger partial charge in [-0.3, -0.25) is 0 Å². The van der Waals surface area contributed by atoms with Crippen molar-refractivity contribution >= 4 is 11.8 Å². The highest BCUT2D eigenvalue weighted by atomic mass is 16.5. The number of hydrogen-bond donors (Lipinski definition) is 2. The molecular formula is C16H16N4O4. The smallest absolute Gasteiger partial charge is 0.347 e. The van der Waals surface area contributed by atoms with E-state index in [1.54, 1.807) is 31.2 Å². The molecule has 1 aromatic carbocycles. The number of ether oxygens (including phenoxy) is 2. The summed E-state index contributed by atoms with van der Waals surface area (Å²) in [4.78, 5) is 20.3. The molecule has 8 heteroatoms. The standard InChI is InChI=1S/C16H16N4O4/c1-2-23-16(22)12-13(18)19-14(20-15(12)24-7-6-21)11-5-3-4-10(8-11)9-17/h3-5,8,21H,2,6-7H2,1H3,(H2,18,19,20). The van der Waals surface area contributed by atoms with Gasteiger partial charge in [0.15, 0.2) is 11.4 Å². The molecule has 1 aromatic heterocycles. The van der Waals surface area contributed by atoms with Crippen LogP contribution >= 0.6 is 0 Å². The lowest BCUT2D eigenvalue weighted by Gasteiger charge is -2.12. The number of carbonyl (C=O) groups is 1. The average molecular weight is 328 g/mol. The van der Waals surface area contributed by atoms with Gasteiger partial charge in [-0.1, -0.05) is 12.1 Å². The minimum atomic E-state index is -0.708. The van der Waals surface area contributed by atoms with E-state index in [0.717, 1.165) is 0 Å². The van der Waals surface area contributed by atoms with Gasteiger partial charge >= 0.3 is 5.97 Å². The lowest BCUT2D eigenvalue weighted by Crippen LogP contribution is -2.15. The number of aromatic nitrogens is 2. The van der Waals surface area contributed by atoms with E-state index < -0.39 is 5.97 Å². The second-order valence-electron chi connectivity index (χ2n) is 4.60. The molecule has 0 aliphatic rings. The lowest BCUT2D eigenvalue weighted by atomic mass is 10.1. The Morgan fingerprint density at radius 3 is 2.88 bits per heavy atom. The summed E-state index contributed by atoms with van der Waals surface area (Å²) in [5.41, 5.74) is 6.76. The third-order valence-electron chi connectivity index (χ3n) is 2.96. The van der Waals surface area contributed by atoms with Gasteiger partial charge in [-0.05, 0) is 19.1 Å². The Labute approximate surface area is 138 Å². The molecule has 8 nitrogen and oxygen atoms in total. The third-order valence-corrected chi connectivity index (χ3v) is 2.96. The zero-order valence-corrected chi connectivity index (χ0v) is 13.0. The molecule has 0 radical (unpaired) electrons. The van der Waals surface area contributed by atoms with Crippen molar-refractivity contribution in [2.45, 2.75) is 6.92 Å². The summed E-state index contributed by atoms with van der Waals surface area (Å²) < 4.78 is 10.2. The minimum absolute atomic E-state index is 0.0689. The van der Waals surface area contributed by atoms with Crippen LogP contribution in [0.2, 0.25) is 0 Å². The van der Waals surface area contributed by atoms with E-state index in [4.69, 9.17) is 25.6 Å². The lowest BCUT2D eigenvalue weighted by molar-refractivity contribution is 0.0520. The Morgan fingerprint density at radius 1 is 1.42 bits per heavy atom. The van der Waals surface area contributed by atoms with Crippen molar-refractivity contribution in [3.8, 4) is 23.3 Å². The van der Waals surface area contributed by atoms with Crippen LogP contribution in [-0.4, -0.2) is 40.9 Å². The first-order valence-corrected chi connectivity index (χ1v) is 7.19. The molecule has 24 heavy (non-hydrogen) atoms. The SMILES string of the molecule is CCOC(=O)c1c(N)nc(-c2cccc(C#N)c2)nc1OCCO. The molecule has 0 unspecified atom stereocenters. The Hall–Kier alpha value is -3.18. The van der Waals surface area contributed by atoms with E-state index in [1.807, 2.05) is 6.07 Å². The van der Waals surface area contributed by atoms with Crippen LogP contribution < -0.4 is 10.5 Å². The van der Waals surface area contributed by atoms with Gasteiger partial charge in [0.05, 0.1) is 24.8 Å². The number of rotatable bonds is 6. The van der Waals surface area contributed by atoms with Crippen molar-refractivity contribution in [2.24, 2.45) is 0 Å². The van der Waals surface area contributed by atoms with Gasteiger partial charge in [0.1, 0.15) is 12.4 Å². The molecule has 0 saturated heterocycles. The Bertz CT molecular complexity index is 786. The molecule has 0 saturated carbocycles. The first kappa shape index (κ1) is 17.2. The molecule has 124 valence electrons. The molecule has 0 spiro atoms. The summed E-state index contributed by atoms with van der Waals surface area (Å²) in [6.45, 7) is 1.49. The molecule has 0 atom stereocenters. The number of carbonyl (C=O) groups excluding carboxylic acids is 1. The normalized spacial score (nSPS) is 10.0. The summed E-state index contributed by atoms with van der Waals surface area (Å²) in [6.07, 6.45) is 0. The number of aliphatic hydroxyl groups is 1. The monoisotopic (exact) mass is 328 g/mol. The molecule has 2 aromatic rings. The molecule has 2 rings (SSSR count). The second kappa shape index (κ2) is 7.89. The van der Waals surface area contributed by atoms with Gasteiger partial charge in [-0.15, -0.1) is 0 Å². The molecule has 0 aliphatic heterocycles. The summed E-state index contributed by atoms with van der Waals surface area (Å²) >= 11 is 0. The number of aliphatic hydroxyl groups excluding tert-OH is 1. The van der Waals surface area contributed by atoms with Crippen molar-refractivity contribution in [3.05, 3.63) is 35.4 Å². The van der Waals surface area contributed by atoms with E-state index in [1.165, 1.54) is 0 Å². The van der Waals surface area contributed by atoms with Crippen molar-refractivity contribution in [1.29, 1.82) is 5.26 Å². The van der Waals surface area contributed by atoms with Gasteiger partial charge in [-0.25, -0.2) is 9.78 Å². The van der Waals surface area contributed by atoms with Crippen LogP contribution in [0, 0.1) is 11.3 Å². The maximum absolute atomic E-state index is 12.0. The number of nitrogens with zero attached hydrogens (tertiary/aromatic N) is 3. The van der Waals surface area contributed by atoms with E-state index in [9.17, 15) is 4.79 Å². The van der Waals surface area contributed by atoms with Crippen molar-refractivity contribution in [3.63, 3.8) is 0 Å². The van der Waals surface area contributed by atoms with Crippen LogP contribution in [0.3, 0.4) is 0 Å². The predicted molar refractivity (Wildman–Crippen MR) is 85.1 cm³/mol. The van der Waals surface area contributed by atoms with Gasteiger partial charge < -0.3 is 20.3 Å². The third kappa shape index (κ3) is 3.77. The molecule has 0 aliphatic carbocycles. The Morgan fingerprint density at radius 2 is 2.21 bits per heavy atom. The highest BCUT2D eigenvalue weighted by molar-refractivity contribution is 5.97. The molecule has 3 N–H and O–H groups in total. The van der Waals surface area contributed by atoms with Crippen molar-refractivity contribution in [2.75, 3.05) is 25.6 Å². The number of nitriles is 1. The summed E-state index contributed by atoms with van der Waals surface area (Å²) in [5, 5.41) is 17.9. The topological polar surface area (TPSA) is 131 Å². The number of nitrogen functional groups attached to an aromatic ring is 1. The summed E-state index contributed by atoms with van der Waals surface area (Å²) in [5.74, 6) is -0.688. The molecule has 0 bridgehead atoms. The number of hydrogen-bond acceptors (Lipinski definition) is 8. The largest absolute Gasteiger partial charge is 0.474 e. The Balaban J connectivity index is 2.53. The summed E-state index contributed by atoms with van der Waals surface area (Å²) in [7, 11) is 0. The Kier molecular flexibility index (Phi) is 5.65. The summed E-state index contributed by atoms with van der Waals surface area (Å²) in [6, 6.07) is 8.64. The number of nitrogens with two attached hydrogens (primary N) is 1. The second-order valence-corrected chi connectivity index (χ2v) is 4.60. The van der Waals surface area contributed by atoms with Crippen molar-refractivity contribution < 1.29 is 19.4 Å². The van der Waals surface area contributed by atoms with Crippen LogP contribution in [0.1, 0.15) is 22.8 Å². The highest BCUT2D eigenvalue weighted by Gasteiger charge is 2.22. The number of anilines is 1. The van der Waals surface area contributed by atoms with E-state index >= 15 is 0 Å². The van der Waals surface area contributed by atoms with Crippen LogP contribution in [0.15, 0.2) is 24.3 Å². The number of esters is 1. The molecule has 0 amide bonds. The first-order valence-electron chi connectivity index (χ1n) is 7.19. The highest BCUT2D eigenvalue weighted by Crippen LogP contribution is 2.27. The fourth-order valence-electron chi connectivity index (χ4n) is 1.96.